The summed E-state index contributed by atoms with van der Waals surface area (Å²) in [5.74, 6) is 2.63. The molecule has 0 saturated carbocycles. The fraction of sp³-hybridized carbons (Fsp3) is 1.00. The van der Waals surface area contributed by atoms with E-state index in [0.29, 0.717) is 39.9 Å². The second-order valence-corrected chi connectivity index (χ2v) is 12.8. The van der Waals surface area contributed by atoms with Crippen molar-refractivity contribution in [2.45, 2.75) is 24.7 Å². The summed E-state index contributed by atoms with van der Waals surface area (Å²) in [6.45, 7) is 1.95. The Kier molecular flexibility index (Phi) is 4.33. The van der Waals surface area contributed by atoms with E-state index in [2.05, 4.69) is 0 Å². The third-order valence-electron chi connectivity index (χ3n) is 2.38. The first-order chi connectivity index (χ1) is 7.42. The number of ether oxygens (including phenoxy) is 2. The molecule has 4 unspecified atom stereocenters. The van der Waals surface area contributed by atoms with Crippen LogP contribution >= 0.6 is 23.5 Å². The van der Waals surface area contributed by atoms with Gasteiger partial charge in [-0.1, -0.05) is 0 Å². The average molecular weight is 376 g/mol. The van der Waals surface area contributed by atoms with Crippen LogP contribution in [0.2, 0.25) is 4.22 Å². The molecule has 15 heavy (non-hydrogen) atoms. The zero-order chi connectivity index (χ0) is 10.1. The van der Waals surface area contributed by atoms with Crippen molar-refractivity contribution in [2.24, 2.45) is 0 Å². The molecular weight excluding hydrogens is 362 g/mol. The molecule has 0 amide bonds. The molecule has 0 aromatic heterocycles. The fourth-order valence-electron chi connectivity index (χ4n) is 1.32. The van der Waals surface area contributed by atoms with Gasteiger partial charge in [0.2, 0.25) is 0 Å². The van der Waals surface area contributed by atoms with Crippen molar-refractivity contribution in [1.82, 2.24) is 0 Å². The Hall–Kier alpha value is 1.66. The molecule has 3 rings (SSSR count). The Balaban J connectivity index is 1.38. The van der Waals surface area contributed by atoms with Crippen molar-refractivity contribution in [1.29, 1.82) is 0 Å². The minimum atomic E-state index is 0.488. The molecule has 4 atom stereocenters. The fourth-order valence-corrected chi connectivity index (χ4v) is 10.1. The monoisotopic (exact) mass is 378 g/mol. The third kappa shape index (κ3) is 3.82. The first kappa shape index (κ1) is 11.7. The van der Waals surface area contributed by atoms with E-state index in [1.54, 1.807) is 0 Å². The van der Waals surface area contributed by atoms with Crippen molar-refractivity contribution in [3.8, 4) is 0 Å². The van der Waals surface area contributed by atoms with Crippen molar-refractivity contribution < 1.29 is 9.47 Å². The summed E-state index contributed by atoms with van der Waals surface area (Å²) >= 11 is 5.44. The number of rotatable bonds is 6. The summed E-state index contributed by atoms with van der Waals surface area (Å²) in [4.78, 5) is 0. The summed E-state index contributed by atoms with van der Waals surface area (Å²) in [6.07, 6.45) is 0. The van der Waals surface area contributed by atoms with E-state index in [9.17, 15) is 0 Å². The molecule has 3 saturated heterocycles. The molecule has 3 fully saturated rings. The first-order valence-electron chi connectivity index (χ1n) is 5.11. The van der Waals surface area contributed by atoms with E-state index in [1.165, 1.54) is 15.7 Å². The Morgan fingerprint density at radius 2 is 1.40 bits per heavy atom. The van der Waals surface area contributed by atoms with E-state index in [1.807, 2.05) is 23.5 Å². The molecule has 3 heterocycles. The molecule has 0 aromatic carbocycles. The van der Waals surface area contributed by atoms with E-state index in [4.69, 9.17) is 9.47 Å². The quantitative estimate of drug-likeness (QED) is 0.502. The number of hydrogen-bond acceptors (Lipinski definition) is 4. The molecule has 2 nitrogen and oxygen atoms in total. The van der Waals surface area contributed by atoms with Gasteiger partial charge in [-0.15, -0.1) is 0 Å². The Bertz CT molecular complexity index is 202. The SMILES string of the molecule is C1[Se]C(OCC2CS2)C(OCC2CS2)[Se]1. The molecule has 86 valence electrons. The predicted octanol–water partition coefficient (Wildman–Crippen LogP) is 0.700. The van der Waals surface area contributed by atoms with Crippen LogP contribution in [0.4, 0.5) is 0 Å². The maximum absolute atomic E-state index is 5.98. The van der Waals surface area contributed by atoms with Crippen LogP contribution in [0, 0.1) is 0 Å². The van der Waals surface area contributed by atoms with Gasteiger partial charge in [-0.25, -0.2) is 0 Å². The number of hydrogen-bond donors (Lipinski definition) is 0. The van der Waals surface area contributed by atoms with Gasteiger partial charge < -0.3 is 0 Å². The van der Waals surface area contributed by atoms with Crippen LogP contribution in [0.15, 0.2) is 0 Å². The zero-order valence-electron chi connectivity index (χ0n) is 8.29. The summed E-state index contributed by atoms with van der Waals surface area (Å²) in [5, 5.41) is 2.60. The summed E-state index contributed by atoms with van der Waals surface area (Å²) in [7, 11) is 0. The van der Waals surface area contributed by atoms with Gasteiger partial charge >= 0.3 is 112 Å². The molecular formula is C9H14O2S2Se2. The van der Waals surface area contributed by atoms with Crippen LogP contribution in [-0.2, 0) is 9.47 Å². The molecule has 0 spiro atoms. The van der Waals surface area contributed by atoms with Crippen molar-refractivity contribution in [3.63, 3.8) is 0 Å². The maximum atomic E-state index is 5.98. The van der Waals surface area contributed by atoms with E-state index in [-0.39, 0.29) is 0 Å². The molecule has 3 aliphatic heterocycles. The van der Waals surface area contributed by atoms with Gasteiger partial charge in [0.05, 0.1) is 0 Å². The van der Waals surface area contributed by atoms with Gasteiger partial charge in [-0.2, -0.15) is 0 Å². The van der Waals surface area contributed by atoms with Crippen molar-refractivity contribution >= 4 is 53.4 Å². The summed E-state index contributed by atoms with van der Waals surface area (Å²) in [6, 6.07) is 0. The Morgan fingerprint density at radius 3 is 1.80 bits per heavy atom. The summed E-state index contributed by atoms with van der Waals surface area (Å²) < 4.78 is 13.4. The Labute approximate surface area is 112 Å². The number of thioether (sulfide) groups is 2. The van der Waals surface area contributed by atoms with E-state index in [0.717, 1.165) is 23.7 Å². The van der Waals surface area contributed by atoms with E-state index < -0.39 is 0 Å². The second-order valence-electron chi connectivity index (χ2n) is 3.77. The average Bonchev–Trinajstić information content (AvgIpc) is 3.14. The standard InChI is InChI=1S/C9H14O2S2Se2/c1(6-3-12-6)10-8-9(15-5-14-8)11-2-7-4-13-7/h6-9H,1-5H2. The van der Waals surface area contributed by atoms with Crippen LogP contribution in [0.5, 0.6) is 0 Å². The predicted molar refractivity (Wildman–Crippen MR) is 68.3 cm³/mol. The molecule has 0 N–H and O–H groups in total. The van der Waals surface area contributed by atoms with Crippen LogP contribution < -0.4 is 0 Å². The molecule has 0 bridgehead atoms. The first-order valence-corrected chi connectivity index (χ1v) is 11.6. The van der Waals surface area contributed by atoms with Gasteiger partial charge in [0, 0.05) is 0 Å². The third-order valence-corrected chi connectivity index (χ3v) is 11.7. The van der Waals surface area contributed by atoms with Gasteiger partial charge in [0.15, 0.2) is 0 Å². The van der Waals surface area contributed by atoms with Crippen LogP contribution in [-0.4, -0.2) is 75.1 Å². The van der Waals surface area contributed by atoms with Crippen LogP contribution in [0.1, 0.15) is 0 Å². The molecule has 6 heteroatoms. The Morgan fingerprint density at radius 1 is 0.933 bits per heavy atom. The van der Waals surface area contributed by atoms with Crippen molar-refractivity contribution in [3.05, 3.63) is 0 Å². The van der Waals surface area contributed by atoms with Gasteiger partial charge in [0.1, 0.15) is 0 Å². The zero-order valence-corrected chi connectivity index (χ0v) is 13.4. The van der Waals surface area contributed by atoms with Gasteiger partial charge in [0.25, 0.3) is 0 Å². The van der Waals surface area contributed by atoms with Crippen molar-refractivity contribution in [2.75, 3.05) is 24.7 Å². The van der Waals surface area contributed by atoms with E-state index >= 15 is 0 Å². The normalized spacial score (nSPS) is 43.2. The molecule has 0 aliphatic carbocycles. The van der Waals surface area contributed by atoms with Crippen LogP contribution in [0.25, 0.3) is 0 Å². The molecule has 0 radical (unpaired) electrons. The second kappa shape index (κ2) is 5.53. The summed E-state index contributed by atoms with van der Waals surface area (Å²) in [5.41, 5.74) is 0. The molecule has 0 aromatic rings. The topological polar surface area (TPSA) is 18.5 Å². The molecule has 3 aliphatic rings. The van der Waals surface area contributed by atoms with Gasteiger partial charge in [-0.3, -0.25) is 0 Å². The van der Waals surface area contributed by atoms with Gasteiger partial charge in [-0.05, 0) is 0 Å². The van der Waals surface area contributed by atoms with Crippen LogP contribution in [0.3, 0.4) is 0 Å². The minimum absolute atomic E-state index is 0.488.